The largest absolute Gasteiger partial charge is 0.416 e. The smallest absolute Gasteiger partial charge is 0.360 e. The lowest BCUT2D eigenvalue weighted by Gasteiger charge is -2.13. The first-order chi connectivity index (χ1) is 16.2. The second-order valence-electron chi connectivity index (χ2n) is 7.75. The highest BCUT2D eigenvalue weighted by Gasteiger charge is 2.30. The fraction of sp³-hybridized carbons (Fsp3) is 0.208. The highest BCUT2D eigenvalue weighted by Crippen LogP contribution is 2.35. The number of alkyl halides is 3. The van der Waals surface area contributed by atoms with E-state index in [1.54, 1.807) is 19.4 Å². The van der Waals surface area contributed by atoms with Crippen LogP contribution in [-0.4, -0.2) is 35.5 Å². The summed E-state index contributed by atoms with van der Waals surface area (Å²) in [5.74, 6) is -0.303. The maximum atomic E-state index is 12.7. The van der Waals surface area contributed by atoms with E-state index in [1.165, 1.54) is 23.5 Å². The van der Waals surface area contributed by atoms with Crippen molar-refractivity contribution in [3.8, 4) is 10.4 Å². The van der Waals surface area contributed by atoms with Crippen molar-refractivity contribution < 1.29 is 18.0 Å². The van der Waals surface area contributed by atoms with Crippen LogP contribution < -0.4 is 16.4 Å². The monoisotopic (exact) mass is 485 g/mol. The van der Waals surface area contributed by atoms with Crippen LogP contribution in [-0.2, 0) is 12.6 Å². The van der Waals surface area contributed by atoms with Crippen molar-refractivity contribution in [1.82, 2.24) is 15.3 Å². The summed E-state index contributed by atoms with van der Waals surface area (Å²) in [5.41, 5.74) is 7.37. The summed E-state index contributed by atoms with van der Waals surface area (Å²) in [5, 5.41) is 8.30. The van der Waals surface area contributed by atoms with Gasteiger partial charge in [0.05, 0.1) is 10.4 Å². The van der Waals surface area contributed by atoms with Gasteiger partial charge in [-0.25, -0.2) is 4.98 Å². The van der Waals surface area contributed by atoms with Crippen molar-refractivity contribution in [2.24, 2.45) is 5.73 Å². The summed E-state index contributed by atoms with van der Waals surface area (Å²) >= 11 is 1.34. The van der Waals surface area contributed by atoms with E-state index in [9.17, 15) is 18.0 Å². The van der Waals surface area contributed by atoms with Crippen molar-refractivity contribution in [2.75, 3.05) is 18.9 Å². The van der Waals surface area contributed by atoms with Gasteiger partial charge < -0.3 is 16.4 Å². The summed E-state index contributed by atoms with van der Waals surface area (Å²) in [6.07, 6.45) is -0.487. The third-order valence-electron chi connectivity index (χ3n) is 5.27. The maximum Gasteiger partial charge on any atom is 0.416 e. The summed E-state index contributed by atoms with van der Waals surface area (Å²) < 4.78 is 38.2. The molecule has 0 fully saturated rings. The maximum absolute atomic E-state index is 12.7. The lowest BCUT2D eigenvalue weighted by molar-refractivity contribution is -0.137. The number of aromatic nitrogens is 2. The van der Waals surface area contributed by atoms with Crippen LogP contribution in [0.4, 0.5) is 18.3 Å². The van der Waals surface area contributed by atoms with Crippen LogP contribution in [0.5, 0.6) is 0 Å². The molecule has 0 aliphatic carbocycles. The van der Waals surface area contributed by atoms with Crippen LogP contribution in [0, 0.1) is 0 Å². The van der Waals surface area contributed by atoms with Gasteiger partial charge in [-0.05, 0) is 47.2 Å². The number of carbonyl (C=O) groups excluding carboxylic acids is 1. The third kappa shape index (κ3) is 5.35. The van der Waals surface area contributed by atoms with E-state index < -0.39 is 11.7 Å². The number of hydrogen-bond donors (Lipinski definition) is 3. The number of nitrogens with zero attached hydrogens (tertiary/aromatic N) is 2. The molecule has 2 aromatic carbocycles. The summed E-state index contributed by atoms with van der Waals surface area (Å²) in [4.78, 5) is 21.7. The number of halogens is 3. The lowest BCUT2D eigenvalue weighted by atomic mass is 10.0. The Morgan fingerprint density at radius 3 is 2.59 bits per heavy atom. The molecule has 34 heavy (non-hydrogen) atoms. The molecule has 0 saturated carbocycles. The number of nitrogens with one attached hydrogen (secondary N) is 2. The number of hydrogen-bond acceptors (Lipinski definition) is 6. The van der Waals surface area contributed by atoms with Crippen molar-refractivity contribution >= 4 is 33.1 Å². The Bertz CT molecular complexity index is 1300. The SMILES string of the molecule is CNC(=O)c1nc(NCC(N)Cc2ccc(C(F)(F)F)cc2)sc1-c1ccc2cnccc2c1. The number of carbonyl (C=O) groups is 1. The Balaban J connectivity index is 1.48. The van der Waals surface area contributed by atoms with E-state index in [1.807, 2.05) is 24.3 Å². The normalized spacial score (nSPS) is 12.5. The minimum atomic E-state index is -4.37. The molecule has 0 radical (unpaired) electrons. The van der Waals surface area contributed by atoms with E-state index in [-0.39, 0.29) is 11.9 Å². The molecule has 2 aromatic heterocycles. The number of anilines is 1. The number of pyridine rings is 1. The highest BCUT2D eigenvalue weighted by molar-refractivity contribution is 7.19. The van der Waals surface area contributed by atoms with Gasteiger partial charge in [-0.3, -0.25) is 9.78 Å². The molecular formula is C24H22F3N5OS. The van der Waals surface area contributed by atoms with Crippen molar-refractivity contribution in [1.29, 1.82) is 0 Å². The predicted molar refractivity (Wildman–Crippen MR) is 128 cm³/mol. The zero-order valence-electron chi connectivity index (χ0n) is 18.2. The molecule has 1 amide bonds. The van der Waals surface area contributed by atoms with Crippen LogP contribution >= 0.6 is 11.3 Å². The quantitative estimate of drug-likeness (QED) is 0.352. The third-order valence-corrected chi connectivity index (χ3v) is 6.33. The van der Waals surface area contributed by atoms with Gasteiger partial charge in [0, 0.05) is 37.4 Å². The molecule has 4 N–H and O–H groups in total. The minimum Gasteiger partial charge on any atom is -0.360 e. The number of amides is 1. The molecule has 6 nitrogen and oxygen atoms in total. The number of benzene rings is 2. The van der Waals surface area contributed by atoms with E-state index in [0.29, 0.717) is 29.4 Å². The molecule has 176 valence electrons. The Kier molecular flexibility index (Phi) is 6.80. The van der Waals surface area contributed by atoms with E-state index in [2.05, 4.69) is 20.6 Å². The molecule has 4 rings (SSSR count). The predicted octanol–water partition coefficient (Wildman–Crippen LogP) is 4.72. The molecule has 0 bridgehead atoms. The number of rotatable bonds is 7. The zero-order valence-corrected chi connectivity index (χ0v) is 19.0. The van der Waals surface area contributed by atoms with Crippen LogP contribution in [0.25, 0.3) is 21.2 Å². The van der Waals surface area contributed by atoms with Crippen LogP contribution in [0.2, 0.25) is 0 Å². The summed E-state index contributed by atoms with van der Waals surface area (Å²) in [7, 11) is 1.55. The van der Waals surface area contributed by atoms with Crippen LogP contribution in [0.3, 0.4) is 0 Å². The fourth-order valence-electron chi connectivity index (χ4n) is 3.51. The first-order valence-electron chi connectivity index (χ1n) is 10.5. The Morgan fingerprint density at radius 1 is 1.12 bits per heavy atom. The van der Waals surface area contributed by atoms with E-state index in [0.717, 1.165) is 33.3 Å². The van der Waals surface area contributed by atoms with Gasteiger partial charge in [-0.2, -0.15) is 13.2 Å². The molecule has 0 aliphatic heterocycles. The number of fused-ring (bicyclic) bond motifs is 1. The van der Waals surface area contributed by atoms with Gasteiger partial charge in [0.25, 0.3) is 5.91 Å². The molecule has 1 unspecified atom stereocenters. The van der Waals surface area contributed by atoms with Gasteiger partial charge in [-0.15, -0.1) is 0 Å². The Hall–Kier alpha value is -3.50. The topological polar surface area (TPSA) is 92.9 Å². The van der Waals surface area contributed by atoms with Crippen molar-refractivity contribution in [2.45, 2.75) is 18.6 Å². The molecule has 0 saturated heterocycles. The molecule has 4 aromatic rings. The van der Waals surface area contributed by atoms with Gasteiger partial charge in [0.2, 0.25) is 0 Å². The first-order valence-corrected chi connectivity index (χ1v) is 11.3. The van der Waals surface area contributed by atoms with Gasteiger partial charge in [-0.1, -0.05) is 35.6 Å². The zero-order chi connectivity index (χ0) is 24.3. The minimum absolute atomic E-state index is 0.303. The average molecular weight is 486 g/mol. The molecule has 2 heterocycles. The molecule has 0 spiro atoms. The van der Waals surface area contributed by atoms with Gasteiger partial charge in [0.1, 0.15) is 5.69 Å². The second-order valence-corrected chi connectivity index (χ2v) is 8.75. The van der Waals surface area contributed by atoms with E-state index in [4.69, 9.17) is 5.73 Å². The Morgan fingerprint density at radius 2 is 1.88 bits per heavy atom. The summed E-state index contributed by atoms with van der Waals surface area (Å²) in [6, 6.07) is 12.4. The lowest BCUT2D eigenvalue weighted by Crippen LogP contribution is -2.31. The fourth-order valence-corrected chi connectivity index (χ4v) is 4.48. The summed E-state index contributed by atoms with van der Waals surface area (Å²) in [6.45, 7) is 0.338. The second kappa shape index (κ2) is 9.78. The molecule has 0 aliphatic rings. The molecular weight excluding hydrogens is 463 g/mol. The van der Waals surface area contributed by atoms with Crippen LogP contribution in [0.1, 0.15) is 21.6 Å². The molecule has 1 atom stereocenters. The van der Waals surface area contributed by atoms with Gasteiger partial charge in [0.15, 0.2) is 5.13 Å². The average Bonchev–Trinajstić information content (AvgIpc) is 3.26. The van der Waals surface area contributed by atoms with E-state index >= 15 is 0 Å². The standard InChI is InChI=1S/C24H22F3N5OS/c1-29-22(33)20-21(16-4-5-17-12-30-9-8-15(17)11-16)34-23(32-20)31-13-19(28)10-14-2-6-18(7-3-14)24(25,26)27/h2-9,11-12,19H,10,13,28H2,1H3,(H,29,33)(H,31,32). The highest BCUT2D eigenvalue weighted by atomic mass is 32.1. The van der Waals surface area contributed by atoms with Gasteiger partial charge >= 0.3 is 6.18 Å². The number of nitrogens with two attached hydrogens (primary N) is 1. The van der Waals surface area contributed by atoms with Crippen molar-refractivity contribution in [3.05, 3.63) is 77.7 Å². The van der Waals surface area contributed by atoms with Crippen molar-refractivity contribution in [3.63, 3.8) is 0 Å². The first kappa shape index (κ1) is 23.7. The Labute approximate surface area is 198 Å². The number of thiazole rings is 1. The van der Waals surface area contributed by atoms with Crippen LogP contribution in [0.15, 0.2) is 60.9 Å². The molecule has 10 heteroatoms.